The highest BCUT2D eigenvalue weighted by molar-refractivity contribution is 5.47. The van der Waals surface area contributed by atoms with Crippen LogP contribution in [-0.2, 0) is 6.54 Å². The van der Waals surface area contributed by atoms with E-state index in [-0.39, 0.29) is 12.4 Å². The molecule has 2 aromatic rings. The lowest BCUT2D eigenvalue weighted by atomic mass is 10.2. The summed E-state index contributed by atoms with van der Waals surface area (Å²) in [5.41, 5.74) is 1.82. The average molecular weight is 251 g/mol. The summed E-state index contributed by atoms with van der Waals surface area (Å²) in [6.07, 6.45) is 0. The van der Waals surface area contributed by atoms with Gasteiger partial charge in [0.25, 0.3) is 0 Å². The highest BCUT2D eigenvalue weighted by Gasteiger charge is 2.04. The van der Waals surface area contributed by atoms with Gasteiger partial charge >= 0.3 is 0 Å². The maximum absolute atomic E-state index is 13.4. The van der Waals surface area contributed by atoms with Gasteiger partial charge in [0.1, 0.15) is 5.82 Å². The number of nitrogens with one attached hydrogen (secondary N) is 1. The number of anilines is 1. The summed E-state index contributed by atoms with van der Waals surface area (Å²) in [4.78, 5) is 0. The van der Waals surface area contributed by atoms with Crippen LogP contribution in [-0.4, -0.2) is 0 Å². The van der Waals surface area contributed by atoms with Gasteiger partial charge in [0, 0.05) is 6.54 Å². The zero-order valence-corrected chi connectivity index (χ0v) is 9.81. The minimum atomic E-state index is -0.904. The number of aryl methyl sites for hydroxylation is 1. The molecule has 0 saturated heterocycles. The SMILES string of the molecule is Cc1ccc(F)c(NCc2ccc(F)c(F)c2)c1. The van der Waals surface area contributed by atoms with E-state index in [0.29, 0.717) is 11.3 Å². The Morgan fingerprint density at radius 1 is 0.889 bits per heavy atom. The van der Waals surface area contributed by atoms with Gasteiger partial charge in [0.05, 0.1) is 5.69 Å². The molecule has 2 aromatic carbocycles. The van der Waals surface area contributed by atoms with Gasteiger partial charge in [-0.25, -0.2) is 13.2 Å². The van der Waals surface area contributed by atoms with Crippen LogP contribution in [0, 0.1) is 24.4 Å². The van der Waals surface area contributed by atoms with Crippen molar-refractivity contribution in [1.82, 2.24) is 0 Å². The largest absolute Gasteiger partial charge is 0.379 e. The number of benzene rings is 2. The monoisotopic (exact) mass is 251 g/mol. The van der Waals surface area contributed by atoms with E-state index in [2.05, 4.69) is 5.32 Å². The summed E-state index contributed by atoms with van der Waals surface area (Å²) in [6.45, 7) is 2.08. The molecule has 0 amide bonds. The molecule has 0 saturated carbocycles. The van der Waals surface area contributed by atoms with Crippen molar-refractivity contribution in [3.63, 3.8) is 0 Å². The van der Waals surface area contributed by atoms with Gasteiger partial charge in [0.15, 0.2) is 11.6 Å². The van der Waals surface area contributed by atoms with Crippen LogP contribution in [0.15, 0.2) is 36.4 Å². The number of hydrogen-bond donors (Lipinski definition) is 1. The lowest BCUT2D eigenvalue weighted by Gasteiger charge is -2.08. The quantitative estimate of drug-likeness (QED) is 0.868. The molecular weight excluding hydrogens is 239 g/mol. The summed E-state index contributed by atoms with van der Waals surface area (Å²) >= 11 is 0. The Balaban J connectivity index is 2.11. The molecule has 0 aliphatic rings. The molecule has 0 aromatic heterocycles. The molecule has 0 heterocycles. The van der Waals surface area contributed by atoms with Crippen LogP contribution >= 0.6 is 0 Å². The minimum absolute atomic E-state index is 0.234. The second-order valence-corrected chi connectivity index (χ2v) is 4.09. The van der Waals surface area contributed by atoms with E-state index in [1.165, 1.54) is 12.1 Å². The van der Waals surface area contributed by atoms with E-state index >= 15 is 0 Å². The first-order valence-electron chi connectivity index (χ1n) is 5.50. The standard InChI is InChI=1S/C14H12F3N/c1-9-2-4-12(16)14(6-9)18-8-10-3-5-11(15)13(17)7-10/h2-7,18H,8H2,1H3. The second kappa shape index (κ2) is 5.12. The van der Waals surface area contributed by atoms with Gasteiger partial charge in [-0.05, 0) is 42.3 Å². The molecule has 0 aliphatic heterocycles. The molecule has 0 radical (unpaired) electrons. The highest BCUT2D eigenvalue weighted by atomic mass is 19.2. The van der Waals surface area contributed by atoms with Gasteiger partial charge in [-0.15, -0.1) is 0 Å². The van der Waals surface area contributed by atoms with E-state index in [0.717, 1.165) is 17.7 Å². The van der Waals surface area contributed by atoms with Crippen LogP contribution in [0.1, 0.15) is 11.1 Å². The predicted molar refractivity (Wildman–Crippen MR) is 64.8 cm³/mol. The fraction of sp³-hybridized carbons (Fsp3) is 0.143. The predicted octanol–water partition coefficient (Wildman–Crippen LogP) is 4.02. The van der Waals surface area contributed by atoms with Gasteiger partial charge < -0.3 is 5.32 Å². The molecule has 0 bridgehead atoms. The summed E-state index contributed by atoms with van der Waals surface area (Å²) < 4.78 is 39.1. The van der Waals surface area contributed by atoms with E-state index in [1.807, 2.05) is 6.92 Å². The van der Waals surface area contributed by atoms with Crippen molar-refractivity contribution in [2.24, 2.45) is 0 Å². The maximum atomic E-state index is 13.4. The number of halogens is 3. The smallest absolute Gasteiger partial charge is 0.159 e. The van der Waals surface area contributed by atoms with Crippen molar-refractivity contribution in [1.29, 1.82) is 0 Å². The van der Waals surface area contributed by atoms with Crippen LogP contribution in [0.2, 0.25) is 0 Å². The van der Waals surface area contributed by atoms with Crippen molar-refractivity contribution >= 4 is 5.69 Å². The van der Waals surface area contributed by atoms with E-state index in [9.17, 15) is 13.2 Å². The van der Waals surface area contributed by atoms with E-state index in [4.69, 9.17) is 0 Å². The Morgan fingerprint density at radius 3 is 2.33 bits per heavy atom. The van der Waals surface area contributed by atoms with Gasteiger partial charge in [-0.3, -0.25) is 0 Å². The molecule has 0 unspecified atom stereocenters. The fourth-order valence-electron chi connectivity index (χ4n) is 1.62. The molecule has 0 spiro atoms. The summed E-state index contributed by atoms with van der Waals surface area (Å²) in [5.74, 6) is -2.16. The zero-order chi connectivity index (χ0) is 13.1. The summed E-state index contributed by atoms with van der Waals surface area (Å²) in [5, 5.41) is 2.85. The average Bonchev–Trinajstić information content (AvgIpc) is 2.34. The van der Waals surface area contributed by atoms with Crippen molar-refractivity contribution in [3.8, 4) is 0 Å². The molecule has 0 fully saturated rings. The lowest BCUT2D eigenvalue weighted by molar-refractivity contribution is 0.507. The van der Waals surface area contributed by atoms with Crippen molar-refractivity contribution < 1.29 is 13.2 Å². The lowest BCUT2D eigenvalue weighted by Crippen LogP contribution is -2.02. The first-order chi connectivity index (χ1) is 8.56. The third-order valence-electron chi connectivity index (χ3n) is 2.59. The van der Waals surface area contributed by atoms with Crippen molar-refractivity contribution in [3.05, 3.63) is 65.0 Å². The fourth-order valence-corrected chi connectivity index (χ4v) is 1.62. The Bertz CT molecular complexity index is 567. The van der Waals surface area contributed by atoms with Crippen LogP contribution in [0.4, 0.5) is 18.9 Å². The Hall–Kier alpha value is -1.97. The summed E-state index contributed by atoms with van der Waals surface area (Å²) in [6, 6.07) is 8.30. The Morgan fingerprint density at radius 2 is 1.61 bits per heavy atom. The molecule has 0 aliphatic carbocycles. The molecule has 1 N–H and O–H groups in total. The number of rotatable bonds is 3. The van der Waals surface area contributed by atoms with Crippen LogP contribution in [0.3, 0.4) is 0 Å². The molecule has 2 rings (SSSR count). The number of hydrogen-bond acceptors (Lipinski definition) is 1. The molecule has 1 nitrogen and oxygen atoms in total. The third-order valence-corrected chi connectivity index (χ3v) is 2.59. The first kappa shape index (κ1) is 12.5. The zero-order valence-electron chi connectivity index (χ0n) is 9.81. The molecule has 18 heavy (non-hydrogen) atoms. The molecular formula is C14H12F3N. The third kappa shape index (κ3) is 2.83. The van der Waals surface area contributed by atoms with E-state index < -0.39 is 11.6 Å². The van der Waals surface area contributed by atoms with Crippen LogP contribution in [0.5, 0.6) is 0 Å². The van der Waals surface area contributed by atoms with Gasteiger partial charge in [0.2, 0.25) is 0 Å². The van der Waals surface area contributed by atoms with Crippen LogP contribution < -0.4 is 5.32 Å². The van der Waals surface area contributed by atoms with Crippen molar-refractivity contribution in [2.75, 3.05) is 5.32 Å². The molecule has 94 valence electrons. The van der Waals surface area contributed by atoms with E-state index in [1.54, 1.807) is 12.1 Å². The minimum Gasteiger partial charge on any atom is -0.379 e. The topological polar surface area (TPSA) is 12.0 Å². The van der Waals surface area contributed by atoms with Crippen molar-refractivity contribution in [2.45, 2.75) is 13.5 Å². The Labute approximate surface area is 103 Å². The van der Waals surface area contributed by atoms with Crippen LogP contribution in [0.25, 0.3) is 0 Å². The summed E-state index contributed by atoms with van der Waals surface area (Å²) in [7, 11) is 0. The highest BCUT2D eigenvalue weighted by Crippen LogP contribution is 2.17. The molecule has 0 atom stereocenters. The normalized spacial score (nSPS) is 10.4. The molecule has 4 heteroatoms. The maximum Gasteiger partial charge on any atom is 0.159 e. The van der Waals surface area contributed by atoms with Gasteiger partial charge in [-0.1, -0.05) is 12.1 Å². The first-order valence-corrected chi connectivity index (χ1v) is 5.50. The Kier molecular flexibility index (Phi) is 3.55. The van der Waals surface area contributed by atoms with Gasteiger partial charge in [-0.2, -0.15) is 0 Å². The second-order valence-electron chi connectivity index (χ2n) is 4.09.